The molecule has 1 atom stereocenters. The van der Waals surface area contributed by atoms with Crippen LogP contribution in [0.3, 0.4) is 0 Å². The van der Waals surface area contributed by atoms with Crippen LogP contribution in [-0.2, 0) is 16.1 Å². The number of aromatic nitrogens is 1. The molecule has 0 spiro atoms. The largest absolute Gasteiger partial charge is 0.496 e. The molecule has 0 fully saturated rings. The highest BCUT2D eigenvalue weighted by Crippen LogP contribution is 2.37. The molecule has 0 unspecified atom stereocenters. The fourth-order valence-corrected chi connectivity index (χ4v) is 6.36. The van der Waals surface area contributed by atoms with Crippen molar-refractivity contribution in [1.82, 2.24) is 4.57 Å². The van der Waals surface area contributed by atoms with Gasteiger partial charge in [0.05, 0.1) is 46.1 Å². The SMILES string of the molecule is COC(=O)C1=C(C)N=c2s/c(=C\c3ccc(OCc4ccc(C#N)cc4)c(Br)c3)c(=O)n2[C@H]1c1cc(Cl)ccc1OC. The summed E-state index contributed by atoms with van der Waals surface area (Å²) in [6.45, 7) is 2.04. The molecule has 4 aromatic rings. The summed E-state index contributed by atoms with van der Waals surface area (Å²) in [6, 6.07) is 19.0. The maximum absolute atomic E-state index is 13.9. The van der Waals surface area contributed by atoms with E-state index in [2.05, 4.69) is 27.0 Å². The Morgan fingerprint density at radius 1 is 1.14 bits per heavy atom. The molecule has 42 heavy (non-hydrogen) atoms. The minimum absolute atomic E-state index is 0.225. The molecule has 11 heteroatoms. The highest BCUT2D eigenvalue weighted by atomic mass is 79.9. The first-order valence-corrected chi connectivity index (χ1v) is 14.6. The number of nitrogens with zero attached hydrogens (tertiary/aromatic N) is 3. The van der Waals surface area contributed by atoms with Crippen LogP contribution in [0.1, 0.15) is 35.2 Å². The second-order valence-corrected chi connectivity index (χ2v) is 11.5. The van der Waals surface area contributed by atoms with Gasteiger partial charge in [0, 0.05) is 10.6 Å². The zero-order valence-corrected chi connectivity index (χ0v) is 25.8. The van der Waals surface area contributed by atoms with E-state index >= 15 is 0 Å². The molecule has 0 amide bonds. The Bertz CT molecular complexity index is 1960. The Hall–Kier alpha value is -4.17. The molecule has 1 aliphatic heterocycles. The molecule has 0 saturated carbocycles. The van der Waals surface area contributed by atoms with Gasteiger partial charge in [-0.2, -0.15) is 5.26 Å². The lowest BCUT2D eigenvalue weighted by atomic mass is 9.95. The van der Waals surface area contributed by atoms with Crippen LogP contribution >= 0.6 is 38.9 Å². The van der Waals surface area contributed by atoms with Crippen molar-refractivity contribution in [2.24, 2.45) is 4.99 Å². The van der Waals surface area contributed by atoms with E-state index in [0.717, 1.165) is 11.1 Å². The van der Waals surface area contributed by atoms with Crippen LogP contribution in [0.15, 0.2) is 86.2 Å². The summed E-state index contributed by atoms with van der Waals surface area (Å²) in [5, 5.41) is 9.40. The number of methoxy groups -OCH3 is 2. The van der Waals surface area contributed by atoms with E-state index in [-0.39, 0.29) is 11.1 Å². The number of carbonyl (C=O) groups excluding carboxylic acids is 1. The molecule has 0 radical (unpaired) electrons. The average molecular weight is 665 g/mol. The van der Waals surface area contributed by atoms with Crippen LogP contribution in [0.5, 0.6) is 11.5 Å². The monoisotopic (exact) mass is 663 g/mol. The highest BCUT2D eigenvalue weighted by Gasteiger charge is 2.35. The fourth-order valence-electron chi connectivity index (χ4n) is 4.62. The number of halogens is 2. The molecule has 3 aromatic carbocycles. The van der Waals surface area contributed by atoms with E-state index in [0.29, 0.717) is 53.8 Å². The molecule has 0 N–H and O–H groups in total. The van der Waals surface area contributed by atoms with E-state index in [4.69, 9.17) is 31.1 Å². The second-order valence-electron chi connectivity index (χ2n) is 9.25. The van der Waals surface area contributed by atoms with Crippen molar-refractivity contribution < 1.29 is 19.0 Å². The number of ether oxygens (including phenoxy) is 3. The maximum atomic E-state index is 13.9. The number of carbonyl (C=O) groups is 1. The maximum Gasteiger partial charge on any atom is 0.338 e. The van der Waals surface area contributed by atoms with Gasteiger partial charge in [0.1, 0.15) is 24.1 Å². The van der Waals surface area contributed by atoms with Gasteiger partial charge in [-0.1, -0.05) is 41.1 Å². The number of benzene rings is 3. The number of fused-ring (bicyclic) bond motifs is 1. The Morgan fingerprint density at radius 3 is 2.55 bits per heavy atom. The Balaban J connectivity index is 1.54. The van der Waals surface area contributed by atoms with E-state index < -0.39 is 12.0 Å². The molecule has 0 bridgehead atoms. The summed E-state index contributed by atoms with van der Waals surface area (Å²) in [4.78, 5) is 31.8. The minimum atomic E-state index is -0.853. The van der Waals surface area contributed by atoms with Gasteiger partial charge in [-0.25, -0.2) is 9.79 Å². The number of thiazole rings is 1. The molecular weight excluding hydrogens is 642 g/mol. The number of rotatable bonds is 7. The molecule has 1 aromatic heterocycles. The standard InChI is InChI=1S/C31H23BrClN3O5S/c1-17-27(30(38)40-3)28(22-14-21(33)9-11-24(22)39-2)36-29(37)26(42-31(36)35-17)13-20-8-10-25(23(32)12-20)41-16-19-6-4-18(15-34)5-7-19/h4-14,28H,16H2,1-3H3/b26-13-/t28-/m0/s1. The van der Waals surface area contributed by atoms with Crippen LogP contribution in [0.4, 0.5) is 0 Å². The Labute approximate surface area is 258 Å². The van der Waals surface area contributed by atoms with Gasteiger partial charge >= 0.3 is 5.97 Å². The number of esters is 1. The summed E-state index contributed by atoms with van der Waals surface area (Å²) >= 11 is 11.1. The predicted octanol–water partition coefficient (Wildman–Crippen LogP) is 5.28. The second kappa shape index (κ2) is 12.4. The normalized spacial score (nSPS) is 14.6. The summed E-state index contributed by atoms with van der Waals surface area (Å²) in [5.74, 6) is 0.498. The van der Waals surface area contributed by atoms with Crippen molar-refractivity contribution in [1.29, 1.82) is 5.26 Å². The summed E-state index contributed by atoms with van der Waals surface area (Å²) in [5.41, 5.74) is 3.16. The summed E-state index contributed by atoms with van der Waals surface area (Å²) in [7, 11) is 2.80. The van der Waals surface area contributed by atoms with Gasteiger partial charge in [-0.15, -0.1) is 0 Å². The smallest absolute Gasteiger partial charge is 0.338 e. The number of hydrogen-bond acceptors (Lipinski definition) is 8. The number of nitriles is 1. The van der Waals surface area contributed by atoms with Crippen molar-refractivity contribution in [2.75, 3.05) is 14.2 Å². The third-order valence-electron chi connectivity index (χ3n) is 6.64. The lowest BCUT2D eigenvalue weighted by molar-refractivity contribution is -0.136. The van der Waals surface area contributed by atoms with Crippen LogP contribution in [0.2, 0.25) is 5.02 Å². The zero-order valence-electron chi connectivity index (χ0n) is 22.7. The van der Waals surface area contributed by atoms with E-state index in [1.54, 1.807) is 43.3 Å². The van der Waals surface area contributed by atoms with Crippen molar-refractivity contribution in [3.8, 4) is 17.6 Å². The molecule has 1 aliphatic rings. The molecule has 2 heterocycles. The van der Waals surface area contributed by atoms with Gasteiger partial charge in [0.2, 0.25) is 0 Å². The van der Waals surface area contributed by atoms with Crippen molar-refractivity contribution in [3.05, 3.63) is 123 Å². The highest BCUT2D eigenvalue weighted by molar-refractivity contribution is 9.10. The molecule has 8 nitrogen and oxygen atoms in total. The summed E-state index contributed by atoms with van der Waals surface area (Å²) in [6.07, 6.45) is 1.77. The topological polar surface area (TPSA) is 103 Å². The van der Waals surface area contributed by atoms with E-state index in [1.165, 1.54) is 30.1 Å². The Kier molecular flexibility index (Phi) is 8.64. The zero-order chi connectivity index (χ0) is 30.0. The third-order valence-corrected chi connectivity index (χ3v) is 8.48. The third kappa shape index (κ3) is 5.77. The first-order valence-electron chi connectivity index (χ1n) is 12.6. The van der Waals surface area contributed by atoms with Crippen LogP contribution in [0.25, 0.3) is 6.08 Å². The van der Waals surface area contributed by atoms with Crippen LogP contribution in [-0.4, -0.2) is 24.8 Å². The lowest BCUT2D eigenvalue weighted by Gasteiger charge is -2.25. The van der Waals surface area contributed by atoms with Gasteiger partial charge in [0.25, 0.3) is 5.56 Å². The minimum Gasteiger partial charge on any atom is -0.496 e. The van der Waals surface area contributed by atoms with Crippen molar-refractivity contribution in [2.45, 2.75) is 19.6 Å². The molecule has 5 rings (SSSR count). The molecule has 0 aliphatic carbocycles. The number of hydrogen-bond donors (Lipinski definition) is 0. The van der Waals surface area contributed by atoms with Gasteiger partial charge in [-0.05, 0) is 82.5 Å². The first kappa shape index (κ1) is 29.3. The summed E-state index contributed by atoms with van der Waals surface area (Å²) < 4.78 is 19.2. The first-order chi connectivity index (χ1) is 20.2. The fraction of sp³-hybridized carbons (Fsp3) is 0.161. The Morgan fingerprint density at radius 2 is 1.88 bits per heavy atom. The molecule has 0 saturated heterocycles. The van der Waals surface area contributed by atoms with Crippen LogP contribution in [0, 0.1) is 11.3 Å². The van der Waals surface area contributed by atoms with Gasteiger partial charge in [-0.3, -0.25) is 9.36 Å². The lowest BCUT2D eigenvalue weighted by Crippen LogP contribution is -2.40. The van der Waals surface area contributed by atoms with Crippen molar-refractivity contribution >= 4 is 50.9 Å². The quantitative estimate of drug-likeness (QED) is 0.249. The predicted molar refractivity (Wildman–Crippen MR) is 163 cm³/mol. The van der Waals surface area contributed by atoms with Crippen molar-refractivity contribution in [3.63, 3.8) is 0 Å². The van der Waals surface area contributed by atoms with E-state index in [1.807, 2.05) is 30.3 Å². The van der Waals surface area contributed by atoms with Gasteiger partial charge in [0.15, 0.2) is 4.80 Å². The molecule has 212 valence electrons. The number of allylic oxidation sites excluding steroid dienone is 1. The van der Waals surface area contributed by atoms with Gasteiger partial charge < -0.3 is 14.2 Å². The van der Waals surface area contributed by atoms with Crippen LogP contribution < -0.4 is 24.4 Å². The molecular formula is C31H23BrClN3O5S. The van der Waals surface area contributed by atoms with E-state index in [9.17, 15) is 9.59 Å². The average Bonchev–Trinajstić information content (AvgIpc) is 3.29.